The molecule has 0 saturated heterocycles. The van der Waals surface area contributed by atoms with E-state index in [-0.39, 0.29) is 17.8 Å². The normalized spacial score (nSPS) is 22.2. The minimum atomic E-state index is 0.0801. The Hall–Kier alpha value is -3.09. The number of nitrogens with zero attached hydrogens (tertiary/aromatic N) is 4. The lowest BCUT2D eigenvalue weighted by molar-refractivity contribution is 0.276. The molecule has 136 valence electrons. The van der Waals surface area contributed by atoms with Crippen molar-refractivity contribution < 1.29 is 4.42 Å². The quantitative estimate of drug-likeness (QED) is 0.602. The maximum absolute atomic E-state index is 13.0. The number of para-hydroxylation sites is 2. The molecule has 2 aliphatic carbocycles. The number of aromatic nitrogens is 4. The number of fused-ring (bicyclic) bond motifs is 2. The van der Waals surface area contributed by atoms with E-state index < -0.39 is 0 Å². The number of hydrogen-bond acceptors (Lipinski definition) is 5. The summed E-state index contributed by atoms with van der Waals surface area (Å²) in [5.41, 5.74) is 3.48. The van der Waals surface area contributed by atoms with Crippen molar-refractivity contribution in [2.24, 2.45) is 0 Å². The van der Waals surface area contributed by atoms with Gasteiger partial charge in [0.25, 0.3) is 6.01 Å². The van der Waals surface area contributed by atoms with Crippen LogP contribution in [-0.2, 0) is 0 Å². The van der Waals surface area contributed by atoms with Gasteiger partial charge >= 0.3 is 5.69 Å². The zero-order chi connectivity index (χ0) is 18.0. The van der Waals surface area contributed by atoms with E-state index in [0.717, 1.165) is 47.9 Å². The fourth-order valence-corrected chi connectivity index (χ4v) is 4.11. The van der Waals surface area contributed by atoms with Crippen LogP contribution in [0.3, 0.4) is 0 Å². The van der Waals surface area contributed by atoms with Crippen LogP contribution in [0.1, 0.15) is 37.8 Å². The first kappa shape index (κ1) is 15.0. The first-order valence-electron chi connectivity index (χ1n) is 9.47. The lowest BCUT2D eigenvalue weighted by atomic mass is 9.86. The Balaban J connectivity index is 1.26. The summed E-state index contributed by atoms with van der Waals surface area (Å²) in [6, 6.07) is 12.9. The maximum Gasteiger partial charge on any atom is 0.330 e. The van der Waals surface area contributed by atoms with E-state index in [0.29, 0.717) is 12.1 Å². The molecule has 3 heterocycles. The summed E-state index contributed by atoms with van der Waals surface area (Å²) < 4.78 is 9.57. The summed E-state index contributed by atoms with van der Waals surface area (Å²) in [5, 5.41) is 3.36. The van der Waals surface area contributed by atoms with Gasteiger partial charge in [-0.3, -0.25) is 9.13 Å². The highest BCUT2D eigenvalue weighted by atomic mass is 16.4. The van der Waals surface area contributed by atoms with E-state index in [1.165, 1.54) is 0 Å². The van der Waals surface area contributed by atoms with Crippen LogP contribution in [0.25, 0.3) is 22.3 Å². The van der Waals surface area contributed by atoms with Gasteiger partial charge in [-0.25, -0.2) is 9.78 Å². The summed E-state index contributed by atoms with van der Waals surface area (Å²) in [7, 11) is 0. The molecule has 27 heavy (non-hydrogen) atoms. The molecule has 2 saturated carbocycles. The number of hydrogen-bond donors (Lipinski definition) is 1. The highest BCUT2D eigenvalue weighted by Crippen LogP contribution is 2.39. The lowest BCUT2D eigenvalue weighted by Crippen LogP contribution is -2.41. The highest BCUT2D eigenvalue weighted by Gasteiger charge is 2.37. The average Bonchev–Trinajstić information content (AvgIpc) is 3.32. The Labute approximate surface area is 154 Å². The van der Waals surface area contributed by atoms with Crippen LogP contribution < -0.4 is 11.0 Å². The number of nitrogens with one attached hydrogen (secondary N) is 1. The van der Waals surface area contributed by atoms with Crippen molar-refractivity contribution in [3.8, 4) is 0 Å². The largest absolute Gasteiger partial charge is 0.424 e. The predicted molar refractivity (Wildman–Crippen MR) is 102 cm³/mol. The smallest absolute Gasteiger partial charge is 0.330 e. The molecule has 7 nitrogen and oxygen atoms in total. The number of oxazole rings is 1. The molecule has 4 aromatic rings. The second kappa shape index (κ2) is 5.45. The fourth-order valence-electron chi connectivity index (χ4n) is 4.11. The maximum atomic E-state index is 13.0. The molecule has 0 unspecified atom stereocenters. The number of imidazole rings is 1. The Bertz CT molecular complexity index is 1180. The molecule has 2 fully saturated rings. The Morgan fingerprint density at radius 1 is 1.04 bits per heavy atom. The van der Waals surface area contributed by atoms with Gasteiger partial charge < -0.3 is 9.73 Å². The van der Waals surface area contributed by atoms with Gasteiger partial charge in [0.1, 0.15) is 5.52 Å². The van der Waals surface area contributed by atoms with Gasteiger partial charge in [0, 0.05) is 24.3 Å². The van der Waals surface area contributed by atoms with E-state index in [2.05, 4.69) is 15.3 Å². The predicted octanol–water partition coefficient (Wildman–Crippen LogP) is 3.49. The van der Waals surface area contributed by atoms with Crippen molar-refractivity contribution in [1.82, 2.24) is 19.1 Å². The van der Waals surface area contributed by atoms with Gasteiger partial charge in [-0.05, 0) is 49.9 Å². The summed E-state index contributed by atoms with van der Waals surface area (Å²) in [6.07, 6.45) is 5.65. The van der Waals surface area contributed by atoms with Crippen molar-refractivity contribution in [3.63, 3.8) is 0 Å². The van der Waals surface area contributed by atoms with Gasteiger partial charge in [-0.2, -0.15) is 4.98 Å². The highest BCUT2D eigenvalue weighted by molar-refractivity contribution is 5.74. The molecule has 2 aliphatic rings. The monoisotopic (exact) mass is 361 g/mol. The van der Waals surface area contributed by atoms with Crippen LogP contribution in [0.5, 0.6) is 0 Å². The molecule has 0 spiro atoms. The Morgan fingerprint density at radius 3 is 2.70 bits per heavy atom. The standard InChI is InChI=1S/C20H19N5O2/c26-20-24(13-7-8-13)16-5-3-9-21-18(16)25(20)14-10-12(11-14)22-19-23-15-4-1-2-6-17(15)27-19/h1-6,9,12-14H,7-8,10-11H2,(H,22,23)/t12-,14-. The molecule has 0 amide bonds. The average molecular weight is 361 g/mol. The minimum absolute atomic E-state index is 0.0801. The Kier molecular flexibility index (Phi) is 3.03. The number of benzene rings is 1. The van der Waals surface area contributed by atoms with Crippen molar-refractivity contribution in [3.05, 3.63) is 53.1 Å². The summed E-state index contributed by atoms with van der Waals surface area (Å²) in [4.78, 5) is 22.0. The van der Waals surface area contributed by atoms with E-state index in [1.54, 1.807) is 6.20 Å². The molecule has 0 aliphatic heterocycles. The van der Waals surface area contributed by atoms with Crippen LogP contribution >= 0.6 is 0 Å². The molecular weight excluding hydrogens is 342 g/mol. The number of rotatable bonds is 4. The molecule has 0 atom stereocenters. The topological polar surface area (TPSA) is 77.9 Å². The molecule has 1 N–H and O–H groups in total. The van der Waals surface area contributed by atoms with E-state index in [9.17, 15) is 4.79 Å². The summed E-state index contributed by atoms with van der Waals surface area (Å²) >= 11 is 0. The van der Waals surface area contributed by atoms with Crippen LogP contribution in [0, 0.1) is 0 Å². The zero-order valence-electron chi connectivity index (χ0n) is 14.7. The van der Waals surface area contributed by atoms with Gasteiger partial charge in [-0.15, -0.1) is 0 Å². The third kappa shape index (κ3) is 2.31. The van der Waals surface area contributed by atoms with Gasteiger partial charge in [-0.1, -0.05) is 12.1 Å². The van der Waals surface area contributed by atoms with Crippen molar-refractivity contribution in [1.29, 1.82) is 0 Å². The van der Waals surface area contributed by atoms with Crippen LogP contribution in [0.2, 0.25) is 0 Å². The van der Waals surface area contributed by atoms with Crippen molar-refractivity contribution >= 4 is 28.3 Å². The molecule has 0 radical (unpaired) electrons. The third-order valence-corrected chi connectivity index (χ3v) is 5.68. The number of pyridine rings is 1. The Morgan fingerprint density at radius 2 is 1.89 bits per heavy atom. The SMILES string of the molecule is O=c1n(C2CC2)c2cccnc2n1[C@H]1C[C@H](Nc2nc3ccccc3o2)C1. The summed E-state index contributed by atoms with van der Waals surface area (Å²) in [6.45, 7) is 0. The molecule has 3 aromatic heterocycles. The van der Waals surface area contributed by atoms with Crippen LogP contribution in [0.15, 0.2) is 51.8 Å². The van der Waals surface area contributed by atoms with E-state index >= 15 is 0 Å². The molecule has 0 bridgehead atoms. The first-order valence-corrected chi connectivity index (χ1v) is 9.47. The lowest BCUT2D eigenvalue weighted by Gasteiger charge is -2.35. The fraction of sp³-hybridized carbons (Fsp3) is 0.350. The van der Waals surface area contributed by atoms with Crippen LogP contribution in [-0.4, -0.2) is 25.1 Å². The zero-order valence-corrected chi connectivity index (χ0v) is 14.7. The van der Waals surface area contributed by atoms with Gasteiger partial charge in [0.2, 0.25) is 0 Å². The van der Waals surface area contributed by atoms with Gasteiger partial charge in [0.05, 0.1) is 5.52 Å². The van der Waals surface area contributed by atoms with Gasteiger partial charge in [0.15, 0.2) is 11.2 Å². The molecule has 6 rings (SSSR count). The molecule has 7 heteroatoms. The summed E-state index contributed by atoms with van der Waals surface area (Å²) in [5.74, 6) is 0. The molecule has 1 aromatic carbocycles. The second-order valence-corrected chi connectivity index (χ2v) is 7.55. The molecular formula is C20H19N5O2. The first-order chi connectivity index (χ1) is 13.3. The number of anilines is 1. The third-order valence-electron chi connectivity index (χ3n) is 5.68. The van der Waals surface area contributed by atoms with Crippen molar-refractivity contribution in [2.45, 2.75) is 43.8 Å². The van der Waals surface area contributed by atoms with E-state index in [1.807, 2.05) is 45.5 Å². The minimum Gasteiger partial charge on any atom is -0.424 e. The van der Waals surface area contributed by atoms with E-state index in [4.69, 9.17) is 4.42 Å². The van der Waals surface area contributed by atoms with Crippen LogP contribution in [0.4, 0.5) is 6.01 Å². The van der Waals surface area contributed by atoms with Crippen molar-refractivity contribution in [2.75, 3.05) is 5.32 Å². The second-order valence-electron chi connectivity index (χ2n) is 7.55.